The zero-order chi connectivity index (χ0) is 17.4. The van der Waals surface area contributed by atoms with Crippen molar-refractivity contribution in [3.05, 3.63) is 11.8 Å². The third kappa shape index (κ3) is 5.26. The first-order valence-corrected chi connectivity index (χ1v) is 7.84. The first-order valence-electron chi connectivity index (χ1n) is 7.84. The van der Waals surface area contributed by atoms with Crippen LogP contribution in [0.1, 0.15) is 47.0 Å². The molecule has 0 aliphatic carbocycles. The van der Waals surface area contributed by atoms with Crippen molar-refractivity contribution in [2.24, 2.45) is 0 Å². The van der Waals surface area contributed by atoms with Crippen molar-refractivity contribution in [3.63, 3.8) is 0 Å². The molecule has 0 aromatic rings. The van der Waals surface area contributed by atoms with Crippen molar-refractivity contribution < 1.29 is 33.3 Å². The molecular formula is C16H24O7. The first-order chi connectivity index (χ1) is 11.0. The molecule has 23 heavy (non-hydrogen) atoms. The van der Waals surface area contributed by atoms with Crippen LogP contribution in [0.3, 0.4) is 0 Å². The Hall–Kier alpha value is -2.05. The fraction of sp³-hybridized carbons (Fsp3) is 0.688. The Morgan fingerprint density at radius 2 is 1.52 bits per heavy atom. The van der Waals surface area contributed by atoms with E-state index < -0.39 is 36.2 Å². The fourth-order valence-corrected chi connectivity index (χ4v) is 2.04. The number of hydrogen-bond donors (Lipinski definition) is 0. The van der Waals surface area contributed by atoms with Crippen LogP contribution in [0.5, 0.6) is 0 Å². The van der Waals surface area contributed by atoms with Crippen LogP contribution < -0.4 is 0 Å². The maximum atomic E-state index is 11.7. The van der Waals surface area contributed by atoms with Gasteiger partial charge in [-0.3, -0.25) is 14.4 Å². The summed E-state index contributed by atoms with van der Waals surface area (Å²) in [7, 11) is 0. The molecule has 0 spiro atoms. The molecule has 7 heteroatoms. The van der Waals surface area contributed by atoms with Gasteiger partial charge >= 0.3 is 17.9 Å². The molecule has 0 aromatic heterocycles. The molecule has 1 aliphatic rings. The minimum absolute atomic E-state index is 0.0350. The zero-order valence-corrected chi connectivity index (χ0v) is 14.0. The van der Waals surface area contributed by atoms with Gasteiger partial charge in [0, 0.05) is 19.3 Å². The van der Waals surface area contributed by atoms with Crippen LogP contribution in [-0.2, 0) is 33.3 Å². The second-order valence-corrected chi connectivity index (χ2v) is 4.96. The average molecular weight is 328 g/mol. The standard InChI is InChI=1S/C16H24O7/c1-5-10-15(22-13(18)7-3)16(23-14(19)8-4)11(9-20-10)21-12(17)6-2/h5,11,15-16H,6-9H2,1-4H3/b10-5+/t11-,15+,16+/m1/s1. The number of allylic oxidation sites excluding steroid dienone is 1. The summed E-state index contributed by atoms with van der Waals surface area (Å²) < 4.78 is 21.5. The van der Waals surface area contributed by atoms with Crippen molar-refractivity contribution in [3.8, 4) is 0 Å². The summed E-state index contributed by atoms with van der Waals surface area (Å²) in [6, 6.07) is 0. The topological polar surface area (TPSA) is 88.1 Å². The predicted octanol–water partition coefficient (Wildman–Crippen LogP) is 1.89. The molecule has 7 nitrogen and oxygen atoms in total. The molecule has 0 radical (unpaired) electrons. The van der Waals surface area contributed by atoms with Crippen LogP contribution in [0.2, 0.25) is 0 Å². The van der Waals surface area contributed by atoms with Gasteiger partial charge in [0.1, 0.15) is 12.4 Å². The van der Waals surface area contributed by atoms with E-state index in [4.69, 9.17) is 18.9 Å². The normalized spacial score (nSPS) is 25.4. The second kappa shape index (κ2) is 9.17. The minimum atomic E-state index is -0.925. The molecule has 0 N–H and O–H groups in total. The molecule has 130 valence electrons. The Morgan fingerprint density at radius 3 is 2.04 bits per heavy atom. The third-order valence-electron chi connectivity index (χ3n) is 3.32. The molecule has 1 heterocycles. The smallest absolute Gasteiger partial charge is 0.306 e. The molecule has 1 rings (SSSR count). The first kappa shape index (κ1) is 19.0. The highest BCUT2D eigenvalue weighted by atomic mass is 16.6. The third-order valence-corrected chi connectivity index (χ3v) is 3.32. The van der Waals surface area contributed by atoms with Crippen molar-refractivity contribution in [1.82, 2.24) is 0 Å². The lowest BCUT2D eigenvalue weighted by Gasteiger charge is -2.37. The predicted molar refractivity (Wildman–Crippen MR) is 80.2 cm³/mol. The lowest BCUT2D eigenvalue weighted by molar-refractivity contribution is -0.199. The van der Waals surface area contributed by atoms with Gasteiger partial charge in [0.05, 0.1) is 0 Å². The second-order valence-electron chi connectivity index (χ2n) is 4.96. The Balaban J connectivity index is 3.05. The minimum Gasteiger partial charge on any atom is -0.490 e. The highest BCUT2D eigenvalue weighted by Gasteiger charge is 2.44. The number of ether oxygens (including phenoxy) is 4. The summed E-state index contributed by atoms with van der Waals surface area (Å²) in [5.74, 6) is -0.995. The number of esters is 3. The van der Waals surface area contributed by atoms with Crippen LogP contribution >= 0.6 is 0 Å². The molecule has 1 aliphatic heterocycles. The molecule has 0 saturated carbocycles. The van der Waals surface area contributed by atoms with Crippen LogP contribution in [0, 0.1) is 0 Å². The van der Waals surface area contributed by atoms with E-state index >= 15 is 0 Å². The van der Waals surface area contributed by atoms with Gasteiger partial charge in [0.2, 0.25) is 0 Å². The molecule has 1 fully saturated rings. The lowest BCUT2D eigenvalue weighted by Crippen LogP contribution is -2.52. The van der Waals surface area contributed by atoms with E-state index in [1.165, 1.54) is 0 Å². The SMILES string of the molecule is C/C=C1/OC[C@@H](OC(=O)CC)[C@H](OC(=O)CC)[C@H]1OC(=O)CC. The molecule has 0 unspecified atom stereocenters. The number of carbonyl (C=O) groups is 3. The molecule has 1 saturated heterocycles. The van der Waals surface area contributed by atoms with Crippen molar-refractivity contribution >= 4 is 17.9 Å². The van der Waals surface area contributed by atoms with Crippen LogP contribution in [0.15, 0.2) is 11.8 Å². The monoisotopic (exact) mass is 328 g/mol. The number of carbonyl (C=O) groups excluding carboxylic acids is 3. The van der Waals surface area contributed by atoms with Gasteiger partial charge in [-0.1, -0.05) is 20.8 Å². The van der Waals surface area contributed by atoms with Gasteiger partial charge in [-0.05, 0) is 13.0 Å². The number of hydrogen-bond acceptors (Lipinski definition) is 7. The van der Waals surface area contributed by atoms with E-state index in [9.17, 15) is 14.4 Å². The van der Waals surface area contributed by atoms with Crippen molar-refractivity contribution in [1.29, 1.82) is 0 Å². The Morgan fingerprint density at radius 1 is 1.00 bits per heavy atom. The van der Waals surface area contributed by atoms with E-state index in [2.05, 4.69) is 0 Å². The van der Waals surface area contributed by atoms with Gasteiger partial charge in [0.15, 0.2) is 18.3 Å². The molecule has 0 aromatic carbocycles. The van der Waals surface area contributed by atoms with E-state index in [1.54, 1.807) is 33.8 Å². The van der Waals surface area contributed by atoms with Crippen molar-refractivity contribution in [2.45, 2.75) is 65.3 Å². The summed E-state index contributed by atoms with van der Waals surface area (Å²) in [4.78, 5) is 35.0. The van der Waals surface area contributed by atoms with Crippen LogP contribution in [0.4, 0.5) is 0 Å². The van der Waals surface area contributed by atoms with E-state index in [0.29, 0.717) is 5.76 Å². The number of rotatable bonds is 6. The molecular weight excluding hydrogens is 304 g/mol. The quantitative estimate of drug-likeness (QED) is 0.543. The molecule has 3 atom stereocenters. The fourth-order valence-electron chi connectivity index (χ4n) is 2.04. The highest BCUT2D eigenvalue weighted by molar-refractivity contribution is 5.71. The van der Waals surface area contributed by atoms with Crippen LogP contribution in [-0.4, -0.2) is 42.8 Å². The van der Waals surface area contributed by atoms with E-state index in [0.717, 1.165) is 0 Å². The van der Waals surface area contributed by atoms with Crippen LogP contribution in [0.25, 0.3) is 0 Å². The zero-order valence-electron chi connectivity index (χ0n) is 14.0. The van der Waals surface area contributed by atoms with E-state index in [-0.39, 0.29) is 25.9 Å². The average Bonchev–Trinajstić information content (AvgIpc) is 2.56. The summed E-state index contributed by atoms with van der Waals surface area (Å²) in [6.07, 6.45) is -0.526. The van der Waals surface area contributed by atoms with Gasteiger partial charge in [0.25, 0.3) is 0 Å². The summed E-state index contributed by atoms with van der Waals surface area (Å²) >= 11 is 0. The molecule has 0 bridgehead atoms. The molecule has 0 amide bonds. The van der Waals surface area contributed by atoms with Gasteiger partial charge in [-0.15, -0.1) is 0 Å². The Kier molecular flexibility index (Phi) is 7.57. The Bertz CT molecular complexity index is 469. The Labute approximate surface area is 135 Å². The van der Waals surface area contributed by atoms with Crippen molar-refractivity contribution in [2.75, 3.05) is 6.61 Å². The summed E-state index contributed by atoms with van der Waals surface area (Å²) in [6.45, 7) is 6.72. The van der Waals surface area contributed by atoms with Gasteiger partial charge in [-0.2, -0.15) is 0 Å². The van der Waals surface area contributed by atoms with Gasteiger partial charge in [-0.25, -0.2) is 0 Å². The highest BCUT2D eigenvalue weighted by Crippen LogP contribution is 2.27. The van der Waals surface area contributed by atoms with E-state index in [1.807, 2.05) is 0 Å². The largest absolute Gasteiger partial charge is 0.490 e. The summed E-state index contributed by atoms with van der Waals surface area (Å²) in [5, 5.41) is 0. The maximum absolute atomic E-state index is 11.7. The lowest BCUT2D eigenvalue weighted by atomic mass is 10.0. The maximum Gasteiger partial charge on any atom is 0.306 e. The summed E-state index contributed by atoms with van der Waals surface area (Å²) in [5.41, 5.74) is 0. The van der Waals surface area contributed by atoms with Gasteiger partial charge < -0.3 is 18.9 Å².